The van der Waals surface area contributed by atoms with Crippen LogP contribution < -0.4 is 25.0 Å². The van der Waals surface area contributed by atoms with E-state index in [-0.39, 0.29) is 6.79 Å². The molecule has 0 aromatic heterocycles. The highest BCUT2D eigenvalue weighted by Gasteiger charge is 2.49. The average Bonchev–Trinajstić information content (AvgIpc) is 3.38. The molecule has 10 nitrogen and oxygen atoms in total. The van der Waals surface area contributed by atoms with Gasteiger partial charge < -0.3 is 29.7 Å². The summed E-state index contributed by atoms with van der Waals surface area (Å²) < 4.78 is 16.0. The van der Waals surface area contributed by atoms with E-state index in [1.807, 2.05) is 12.1 Å². The number of morpholine rings is 1. The lowest BCUT2D eigenvalue weighted by Crippen LogP contribution is -2.42. The highest BCUT2D eigenvalue weighted by molar-refractivity contribution is 6.10. The molecule has 0 spiro atoms. The monoisotopic (exact) mass is 452 g/mol. The quantitative estimate of drug-likeness (QED) is 0.664. The van der Waals surface area contributed by atoms with Gasteiger partial charge in [0.2, 0.25) is 12.7 Å². The van der Waals surface area contributed by atoms with Crippen LogP contribution in [0.5, 0.6) is 11.5 Å². The maximum Gasteiger partial charge on any atom is 0.325 e. The zero-order valence-corrected chi connectivity index (χ0v) is 18.1. The summed E-state index contributed by atoms with van der Waals surface area (Å²) in [6, 6.07) is 11.9. The van der Waals surface area contributed by atoms with Gasteiger partial charge in [0.1, 0.15) is 12.1 Å². The second-order valence-electron chi connectivity index (χ2n) is 8.21. The third kappa shape index (κ3) is 3.93. The minimum atomic E-state index is -1.31. The smallest absolute Gasteiger partial charge is 0.325 e. The first-order valence-corrected chi connectivity index (χ1v) is 10.7. The molecule has 2 saturated heterocycles. The second-order valence-corrected chi connectivity index (χ2v) is 8.21. The molecule has 4 amide bonds. The van der Waals surface area contributed by atoms with Crippen LogP contribution in [0.3, 0.4) is 0 Å². The normalized spacial score (nSPS) is 21.8. The maximum absolute atomic E-state index is 13.1. The molecule has 172 valence electrons. The predicted molar refractivity (Wildman–Crippen MR) is 118 cm³/mol. The Bertz CT molecular complexity index is 1100. The fraction of sp³-hybridized carbons (Fsp3) is 0.348. The minimum absolute atomic E-state index is 0.107. The van der Waals surface area contributed by atoms with Gasteiger partial charge in [-0.15, -0.1) is 0 Å². The molecule has 2 fully saturated rings. The number of hydrogen-bond acceptors (Lipinski definition) is 7. The minimum Gasteiger partial charge on any atom is -0.454 e. The van der Waals surface area contributed by atoms with Crippen molar-refractivity contribution in [3.8, 4) is 11.5 Å². The van der Waals surface area contributed by atoms with Crippen LogP contribution in [0, 0.1) is 0 Å². The van der Waals surface area contributed by atoms with E-state index in [1.165, 1.54) is 0 Å². The molecule has 0 aliphatic carbocycles. The maximum atomic E-state index is 13.1. The van der Waals surface area contributed by atoms with Gasteiger partial charge in [0, 0.05) is 24.5 Å². The van der Waals surface area contributed by atoms with Gasteiger partial charge in [-0.25, -0.2) is 4.79 Å². The fourth-order valence-electron chi connectivity index (χ4n) is 4.17. The summed E-state index contributed by atoms with van der Waals surface area (Å²) in [5.41, 5.74) is 0.872. The van der Waals surface area contributed by atoms with Crippen LogP contribution in [0.2, 0.25) is 0 Å². The van der Waals surface area contributed by atoms with Crippen LogP contribution in [0.25, 0.3) is 0 Å². The lowest BCUT2D eigenvalue weighted by Gasteiger charge is -2.28. The van der Waals surface area contributed by atoms with Crippen molar-refractivity contribution in [2.75, 3.05) is 49.9 Å². The summed E-state index contributed by atoms with van der Waals surface area (Å²) in [4.78, 5) is 41.4. The van der Waals surface area contributed by atoms with Crippen LogP contribution in [-0.4, -0.2) is 62.4 Å². The van der Waals surface area contributed by atoms with E-state index in [0.29, 0.717) is 36.0 Å². The Morgan fingerprint density at radius 2 is 1.79 bits per heavy atom. The van der Waals surface area contributed by atoms with Gasteiger partial charge in [-0.05, 0) is 48.9 Å². The Morgan fingerprint density at radius 3 is 2.55 bits per heavy atom. The zero-order valence-electron chi connectivity index (χ0n) is 18.1. The number of carbonyl (C=O) groups excluding carboxylic acids is 3. The Morgan fingerprint density at radius 1 is 1.06 bits per heavy atom. The van der Waals surface area contributed by atoms with Gasteiger partial charge in [-0.2, -0.15) is 0 Å². The number of amides is 4. The Hall–Kier alpha value is -3.79. The van der Waals surface area contributed by atoms with E-state index in [4.69, 9.17) is 14.2 Å². The summed E-state index contributed by atoms with van der Waals surface area (Å²) in [7, 11) is 0. The molecule has 3 aliphatic heterocycles. The van der Waals surface area contributed by atoms with Crippen molar-refractivity contribution < 1.29 is 28.6 Å². The molecule has 0 radical (unpaired) electrons. The van der Waals surface area contributed by atoms with Crippen molar-refractivity contribution in [1.29, 1.82) is 0 Å². The standard InChI is InChI=1S/C23H24N4O6/c1-23(15-2-7-18-19(12-15)33-14-32-18)21(29)27(22(30)25-23)13-20(28)24-16-3-5-17(6-4-16)26-8-10-31-11-9-26/h2-7,12H,8-11,13-14H2,1H3,(H,24,28)(H,25,30)/t23-/m1/s1. The van der Waals surface area contributed by atoms with E-state index in [1.54, 1.807) is 37.3 Å². The molecular formula is C23H24N4O6. The lowest BCUT2D eigenvalue weighted by atomic mass is 9.91. The number of nitrogens with zero attached hydrogens (tertiary/aromatic N) is 2. The van der Waals surface area contributed by atoms with E-state index >= 15 is 0 Å². The molecule has 10 heteroatoms. The molecule has 3 aliphatic rings. The molecular weight excluding hydrogens is 428 g/mol. The van der Waals surface area contributed by atoms with Gasteiger partial charge in [-0.1, -0.05) is 6.07 Å². The first-order valence-electron chi connectivity index (χ1n) is 10.7. The van der Waals surface area contributed by atoms with Crippen molar-refractivity contribution in [2.24, 2.45) is 0 Å². The predicted octanol–water partition coefficient (Wildman–Crippen LogP) is 1.66. The number of carbonyl (C=O) groups is 3. The van der Waals surface area contributed by atoms with Gasteiger partial charge in [0.25, 0.3) is 5.91 Å². The number of nitrogens with one attached hydrogen (secondary N) is 2. The summed E-state index contributed by atoms with van der Waals surface area (Å²) in [5.74, 6) is 0.110. The number of anilines is 2. The van der Waals surface area contributed by atoms with Gasteiger partial charge in [-0.3, -0.25) is 14.5 Å². The molecule has 3 heterocycles. The third-order valence-corrected chi connectivity index (χ3v) is 6.05. The number of fused-ring (bicyclic) bond motifs is 1. The zero-order chi connectivity index (χ0) is 23.0. The summed E-state index contributed by atoms with van der Waals surface area (Å²) >= 11 is 0. The molecule has 5 rings (SSSR count). The largest absolute Gasteiger partial charge is 0.454 e. The first kappa shape index (κ1) is 21.1. The Balaban J connectivity index is 1.24. The second kappa shape index (κ2) is 8.28. The molecule has 33 heavy (non-hydrogen) atoms. The van der Waals surface area contributed by atoms with Crippen LogP contribution in [0.1, 0.15) is 12.5 Å². The molecule has 1 atom stereocenters. The van der Waals surface area contributed by atoms with Crippen molar-refractivity contribution in [1.82, 2.24) is 10.2 Å². The molecule has 0 unspecified atom stereocenters. The number of rotatable bonds is 5. The molecule has 0 bridgehead atoms. The van der Waals surface area contributed by atoms with Gasteiger partial charge in [0.15, 0.2) is 11.5 Å². The van der Waals surface area contributed by atoms with Crippen molar-refractivity contribution in [3.63, 3.8) is 0 Å². The lowest BCUT2D eigenvalue weighted by molar-refractivity contribution is -0.133. The fourth-order valence-corrected chi connectivity index (χ4v) is 4.17. The highest BCUT2D eigenvalue weighted by Crippen LogP contribution is 2.37. The van der Waals surface area contributed by atoms with Crippen LogP contribution in [0.4, 0.5) is 16.2 Å². The first-order chi connectivity index (χ1) is 15.9. The topological polar surface area (TPSA) is 109 Å². The number of hydrogen-bond donors (Lipinski definition) is 2. The Kier molecular flexibility index (Phi) is 5.29. The molecule has 2 aromatic rings. The Labute approximate surface area is 190 Å². The molecule has 0 saturated carbocycles. The average molecular weight is 452 g/mol. The SMILES string of the molecule is C[C@]1(c2ccc3c(c2)OCO3)NC(=O)N(CC(=O)Nc2ccc(N3CCOCC3)cc2)C1=O. The summed E-state index contributed by atoms with van der Waals surface area (Å²) in [6.07, 6.45) is 0. The number of ether oxygens (including phenoxy) is 3. The van der Waals surface area contributed by atoms with Crippen LogP contribution >= 0.6 is 0 Å². The van der Waals surface area contributed by atoms with E-state index in [9.17, 15) is 14.4 Å². The highest BCUT2D eigenvalue weighted by atomic mass is 16.7. The van der Waals surface area contributed by atoms with Crippen molar-refractivity contribution in [2.45, 2.75) is 12.5 Å². The summed E-state index contributed by atoms with van der Waals surface area (Å²) in [5, 5.41) is 5.44. The molecule has 2 N–H and O–H groups in total. The number of imide groups is 1. The van der Waals surface area contributed by atoms with Crippen molar-refractivity contribution in [3.05, 3.63) is 48.0 Å². The third-order valence-electron chi connectivity index (χ3n) is 6.05. The van der Waals surface area contributed by atoms with Crippen LogP contribution in [-0.2, 0) is 19.9 Å². The van der Waals surface area contributed by atoms with E-state index < -0.39 is 29.9 Å². The van der Waals surface area contributed by atoms with Crippen molar-refractivity contribution >= 4 is 29.2 Å². The van der Waals surface area contributed by atoms with Crippen LogP contribution in [0.15, 0.2) is 42.5 Å². The van der Waals surface area contributed by atoms with E-state index in [0.717, 1.165) is 23.7 Å². The number of urea groups is 1. The van der Waals surface area contributed by atoms with Gasteiger partial charge in [0.05, 0.1) is 13.2 Å². The van der Waals surface area contributed by atoms with Gasteiger partial charge >= 0.3 is 6.03 Å². The van der Waals surface area contributed by atoms with E-state index in [2.05, 4.69) is 15.5 Å². The summed E-state index contributed by atoms with van der Waals surface area (Å²) in [6.45, 7) is 4.34. The number of benzene rings is 2. The molecule has 2 aromatic carbocycles.